The molecule has 0 unspecified atom stereocenters. The second-order valence-electron chi connectivity index (χ2n) is 3.67. The molecule has 17 heavy (non-hydrogen) atoms. The number of carbonyl (C=O) groups is 1. The van der Waals surface area contributed by atoms with Crippen LogP contribution in [0.5, 0.6) is 5.75 Å². The third kappa shape index (κ3) is 4.03. The van der Waals surface area contributed by atoms with E-state index in [-0.39, 0.29) is 5.91 Å². The van der Waals surface area contributed by atoms with Crippen LogP contribution in [0.15, 0.2) is 24.3 Å². The van der Waals surface area contributed by atoms with E-state index in [1.54, 1.807) is 43.3 Å². The maximum Gasteiger partial charge on any atom is 0.253 e. The van der Waals surface area contributed by atoms with Crippen molar-refractivity contribution >= 4 is 23.1 Å². The zero-order chi connectivity index (χ0) is 12.8. The molecular formula is C12H16N2O2S. The van der Waals surface area contributed by atoms with Crippen LogP contribution in [0.2, 0.25) is 0 Å². The van der Waals surface area contributed by atoms with Gasteiger partial charge >= 0.3 is 0 Å². The maximum atomic E-state index is 12.0. The van der Waals surface area contributed by atoms with Gasteiger partial charge in [0.2, 0.25) is 0 Å². The zero-order valence-corrected chi connectivity index (χ0v) is 10.8. The second kappa shape index (κ2) is 6.20. The second-order valence-corrected chi connectivity index (χ2v) is 4.20. The van der Waals surface area contributed by atoms with Crippen molar-refractivity contribution in [3.05, 3.63) is 29.8 Å². The topological polar surface area (TPSA) is 55.6 Å². The van der Waals surface area contributed by atoms with Crippen LogP contribution in [-0.4, -0.2) is 36.5 Å². The molecule has 0 aliphatic carbocycles. The average Bonchev–Trinajstić information content (AvgIpc) is 2.35. The fourth-order valence-electron chi connectivity index (χ4n) is 1.36. The van der Waals surface area contributed by atoms with Crippen molar-refractivity contribution in [3.63, 3.8) is 0 Å². The predicted molar refractivity (Wildman–Crippen MR) is 71.4 cm³/mol. The highest BCUT2D eigenvalue weighted by molar-refractivity contribution is 7.80. The van der Waals surface area contributed by atoms with Crippen LogP contribution in [0.4, 0.5) is 0 Å². The summed E-state index contributed by atoms with van der Waals surface area (Å²) in [5, 5.41) is 0. The molecule has 1 rings (SSSR count). The third-order valence-electron chi connectivity index (χ3n) is 2.36. The average molecular weight is 252 g/mol. The summed E-state index contributed by atoms with van der Waals surface area (Å²) in [5.74, 6) is 0.596. The molecule has 0 bridgehead atoms. The molecule has 0 aliphatic heterocycles. The normalized spacial score (nSPS) is 9.76. The molecular weight excluding hydrogens is 236 g/mol. The molecule has 92 valence electrons. The Bertz CT molecular complexity index is 421. The molecule has 1 aromatic carbocycles. The van der Waals surface area contributed by atoms with Gasteiger partial charge < -0.3 is 15.4 Å². The minimum atomic E-state index is -0.0693. The van der Waals surface area contributed by atoms with Gasteiger partial charge in [-0.1, -0.05) is 18.3 Å². The molecule has 0 atom stereocenters. The van der Waals surface area contributed by atoms with E-state index < -0.39 is 0 Å². The molecule has 0 spiro atoms. The van der Waals surface area contributed by atoms with E-state index >= 15 is 0 Å². The van der Waals surface area contributed by atoms with Crippen LogP contribution in [0.1, 0.15) is 16.8 Å². The van der Waals surface area contributed by atoms with Gasteiger partial charge in [-0.05, 0) is 18.2 Å². The molecule has 5 heteroatoms. The van der Waals surface area contributed by atoms with Gasteiger partial charge in [0.1, 0.15) is 5.75 Å². The van der Waals surface area contributed by atoms with Crippen molar-refractivity contribution < 1.29 is 9.53 Å². The minimum Gasteiger partial charge on any atom is -0.497 e. The number of nitrogens with zero attached hydrogens (tertiary/aromatic N) is 1. The molecule has 0 radical (unpaired) electrons. The zero-order valence-electron chi connectivity index (χ0n) is 9.97. The van der Waals surface area contributed by atoms with Gasteiger partial charge in [-0.25, -0.2) is 0 Å². The lowest BCUT2D eigenvalue weighted by Gasteiger charge is -2.17. The Hall–Kier alpha value is -1.62. The Labute approximate surface area is 106 Å². The largest absolute Gasteiger partial charge is 0.497 e. The molecule has 1 amide bonds. The van der Waals surface area contributed by atoms with Crippen molar-refractivity contribution in [1.29, 1.82) is 0 Å². The van der Waals surface area contributed by atoms with Gasteiger partial charge in [0, 0.05) is 25.6 Å². The lowest BCUT2D eigenvalue weighted by molar-refractivity contribution is 0.0798. The van der Waals surface area contributed by atoms with Crippen molar-refractivity contribution in [2.45, 2.75) is 6.42 Å². The molecule has 0 heterocycles. The number of nitrogens with two attached hydrogens (primary N) is 1. The summed E-state index contributed by atoms with van der Waals surface area (Å²) in [7, 11) is 3.29. The van der Waals surface area contributed by atoms with Crippen molar-refractivity contribution in [1.82, 2.24) is 4.90 Å². The summed E-state index contributed by atoms with van der Waals surface area (Å²) in [6, 6.07) is 7.04. The Balaban J connectivity index is 2.70. The highest BCUT2D eigenvalue weighted by atomic mass is 32.1. The summed E-state index contributed by atoms with van der Waals surface area (Å²) in [5.41, 5.74) is 5.99. The summed E-state index contributed by atoms with van der Waals surface area (Å²) in [4.78, 5) is 14.0. The number of methoxy groups -OCH3 is 1. The van der Waals surface area contributed by atoms with Gasteiger partial charge in [0.05, 0.1) is 12.1 Å². The number of benzene rings is 1. The SMILES string of the molecule is COc1cccc(C(=O)N(C)CCC(N)=S)c1. The number of thiocarbonyl (C=S) groups is 1. The van der Waals surface area contributed by atoms with Gasteiger partial charge in [0.15, 0.2) is 0 Å². The van der Waals surface area contributed by atoms with Crippen LogP contribution in [0.25, 0.3) is 0 Å². The van der Waals surface area contributed by atoms with Crippen LogP contribution in [-0.2, 0) is 0 Å². The Morgan fingerprint density at radius 2 is 2.24 bits per heavy atom. The van der Waals surface area contributed by atoms with Crippen LogP contribution in [0.3, 0.4) is 0 Å². The molecule has 0 saturated heterocycles. The quantitative estimate of drug-likeness (QED) is 0.806. The fraction of sp³-hybridized carbons (Fsp3) is 0.333. The maximum absolute atomic E-state index is 12.0. The van der Waals surface area contributed by atoms with Crippen molar-refractivity contribution in [2.24, 2.45) is 5.73 Å². The number of amides is 1. The highest BCUT2D eigenvalue weighted by Gasteiger charge is 2.12. The van der Waals surface area contributed by atoms with E-state index in [9.17, 15) is 4.79 Å². The summed E-state index contributed by atoms with van der Waals surface area (Å²) in [6.45, 7) is 0.519. The van der Waals surface area contributed by atoms with E-state index in [0.29, 0.717) is 29.3 Å². The Morgan fingerprint density at radius 1 is 1.53 bits per heavy atom. The molecule has 4 nitrogen and oxygen atoms in total. The molecule has 2 N–H and O–H groups in total. The summed E-state index contributed by atoms with van der Waals surface area (Å²) < 4.78 is 5.07. The van der Waals surface area contributed by atoms with E-state index in [4.69, 9.17) is 22.7 Å². The first kappa shape index (κ1) is 13.4. The van der Waals surface area contributed by atoms with Gasteiger partial charge in [-0.15, -0.1) is 0 Å². The molecule has 0 saturated carbocycles. The number of carbonyl (C=O) groups excluding carboxylic acids is 1. The van der Waals surface area contributed by atoms with E-state index in [1.807, 2.05) is 0 Å². The Kier molecular flexibility index (Phi) is 4.90. The first-order chi connectivity index (χ1) is 8.04. The number of hydrogen-bond donors (Lipinski definition) is 1. The van der Waals surface area contributed by atoms with Crippen molar-refractivity contribution in [2.75, 3.05) is 20.7 Å². The molecule has 0 aliphatic rings. The van der Waals surface area contributed by atoms with Crippen LogP contribution < -0.4 is 10.5 Å². The summed E-state index contributed by atoms with van der Waals surface area (Å²) in [6.07, 6.45) is 0.529. The number of rotatable bonds is 5. The fourth-order valence-corrected chi connectivity index (χ4v) is 1.45. The lowest BCUT2D eigenvalue weighted by Crippen LogP contribution is -2.30. The number of ether oxygens (including phenoxy) is 1. The summed E-state index contributed by atoms with van der Waals surface area (Å²) >= 11 is 4.78. The lowest BCUT2D eigenvalue weighted by atomic mass is 10.2. The first-order valence-electron chi connectivity index (χ1n) is 5.22. The van der Waals surface area contributed by atoms with Gasteiger partial charge in [-0.2, -0.15) is 0 Å². The van der Waals surface area contributed by atoms with Gasteiger partial charge in [0.25, 0.3) is 5.91 Å². The Morgan fingerprint density at radius 3 is 2.82 bits per heavy atom. The monoisotopic (exact) mass is 252 g/mol. The van der Waals surface area contributed by atoms with Crippen molar-refractivity contribution in [3.8, 4) is 5.75 Å². The van der Waals surface area contributed by atoms with Crippen LogP contribution >= 0.6 is 12.2 Å². The van der Waals surface area contributed by atoms with E-state index in [2.05, 4.69) is 0 Å². The third-order valence-corrected chi connectivity index (χ3v) is 2.56. The van der Waals surface area contributed by atoms with Crippen LogP contribution in [0, 0.1) is 0 Å². The highest BCUT2D eigenvalue weighted by Crippen LogP contribution is 2.13. The van der Waals surface area contributed by atoms with E-state index in [1.165, 1.54) is 0 Å². The first-order valence-corrected chi connectivity index (χ1v) is 5.63. The smallest absolute Gasteiger partial charge is 0.253 e. The minimum absolute atomic E-state index is 0.0693. The van der Waals surface area contributed by atoms with E-state index in [0.717, 1.165) is 0 Å². The number of hydrogen-bond acceptors (Lipinski definition) is 3. The molecule has 0 aromatic heterocycles. The molecule has 1 aromatic rings. The van der Waals surface area contributed by atoms with Gasteiger partial charge in [-0.3, -0.25) is 4.79 Å². The predicted octanol–water partition coefficient (Wildman–Crippen LogP) is 1.44. The standard InChI is InChI=1S/C12H16N2O2S/c1-14(7-6-11(13)17)12(15)9-4-3-5-10(8-9)16-2/h3-5,8H,6-7H2,1-2H3,(H2,13,17). The molecule has 0 fully saturated rings.